The van der Waals surface area contributed by atoms with Gasteiger partial charge >= 0.3 is 0 Å². The zero-order chi connectivity index (χ0) is 18.6. The van der Waals surface area contributed by atoms with Gasteiger partial charge in [-0.05, 0) is 47.2 Å². The Labute approximate surface area is 154 Å². The maximum atomic E-state index is 12.4. The molecule has 0 amide bonds. The van der Waals surface area contributed by atoms with E-state index in [1.165, 1.54) is 0 Å². The highest BCUT2D eigenvalue weighted by Crippen LogP contribution is 2.18. The highest BCUT2D eigenvalue weighted by molar-refractivity contribution is 7.89. The van der Waals surface area contributed by atoms with Crippen molar-refractivity contribution in [3.05, 3.63) is 72.3 Å². The van der Waals surface area contributed by atoms with Crippen molar-refractivity contribution in [1.29, 1.82) is 0 Å². The van der Waals surface area contributed by atoms with Crippen molar-refractivity contribution in [1.82, 2.24) is 4.72 Å². The Morgan fingerprint density at radius 2 is 1.62 bits per heavy atom. The third-order valence-corrected chi connectivity index (χ3v) is 5.40. The summed E-state index contributed by atoms with van der Waals surface area (Å²) in [5, 5.41) is 1.90. The maximum absolute atomic E-state index is 12.4. The average molecular weight is 364 g/mol. The van der Waals surface area contributed by atoms with Gasteiger partial charge in [-0.3, -0.25) is 0 Å². The van der Waals surface area contributed by atoms with Gasteiger partial charge in [0.1, 0.15) is 0 Å². The van der Waals surface area contributed by atoms with Gasteiger partial charge in [-0.15, -0.1) is 0 Å². The molecule has 0 spiro atoms. The Morgan fingerprint density at radius 3 is 2.31 bits per heavy atom. The molecule has 0 heterocycles. The topological polar surface area (TPSA) is 49.4 Å². The van der Waals surface area contributed by atoms with Crippen LogP contribution in [-0.2, 0) is 10.0 Å². The number of rotatable bonds is 4. The molecule has 5 heteroatoms. The Bertz CT molecular complexity index is 1080. The molecule has 0 radical (unpaired) electrons. The second kappa shape index (κ2) is 7.61. The van der Waals surface area contributed by atoms with Gasteiger partial charge < -0.3 is 4.90 Å². The van der Waals surface area contributed by atoms with Crippen LogP contribution in [0.5, 0.6) is 0 Å². The second-order valence-corrected chi connectivity index (χ2v) is 7.84. The van der Waals surface area contributed by atoms with E-state index in [0.29, 0.717) is 0 Å². The molecule has 0 aliphatic heterocycles. The number of nitrogens with one attached hydrogen (secondary N) is 1. The molecule has 132 valence electrons. The summed E-state index contributed by atoms with van der Waals surface area (Å²) in [4.78, 5) is 2.25. The SMILES string of the molecule is CN(C)c1ccc(C#CCNS(=O)(=O)c2ccc3ccccc3c2)cc1. The lowest BCUT2D eigenvalue weighted by Gasteiger charge is -2.11. The van der Waals surface area contributed by atoms with Crippen molar-refractivity contribution in [3.8, 4) is 11.8 Å². The molecule has 0 bridgehead atoms. The second-order valence-electron chi connectivity index (χ2n) is 6.08. The van der Waals surface area contributed by atoms with Crippen LogP contribution in [0.1, 0.15) is 5.56 Å². The fourth-order valence-electron chi connectivity index (χ4n) is 2.54. The largest absolute Gasteiger partial charge is 0.378 e. The van der Waals surface area contributed by atoms with E-state index in [0.717, 1.165) is 22.0 Å². The van der Waals surface area contributed by atoms with Crippen LogP contribution >= 0.6 is 0 Å². The first-order valence-corrected chi connectivity index (χ1v) is 9.69. The van der Waals surface area contributed by atoms with Crippen molar-refractivity contribution >= 4 is 26.5 Å². The monoisotopic (exact) mass is 364 g/mol. The van der Waals surface area contributed by atoms with Crippen molar-refractivity contribution < 1.29 is 8.42 Å². The summed E-state index contributed by atoms with van der Waals surface area (Å²) in [5.74, 6) is 5.83. The van der Waals surface area contributed by atoms with E-state index in [4.69, 9.17) is 0 Å². The van der Waals surface area contributed by atoms with Gasteiger partial charge in [-0.2, -0.15) is 4.72 Å². The number of fused-ring (bicyclic) bond motifs is 1. The van der Waals surface area contributed by atoms with E-state index < -0.39 is 10.0 Å². The van der Waals surface area contributed by atoms with Crippen LogP contribution in [0, 0.1) is 11.8 Å². The van der Waals surface area contributed by atoms with E-state index in [1.807, 2.05) is 73.6 Å². The Hall–Kier alpha value is -2.81. The van der Waals surface area contributed by atoms with Crippen molar-refractivity contribution in [3.63, 3.8) is 0 Å². The molecule has 26 heavy (non-hydrogen) atoms. The van der Waals surface area contributed by atoms with Crippen molar-refractivity contribution in [2.45, 2.75) is 4.90 Å². The quantitative estimate of drug-likeness (QED) is 0.723. The standard InChI is InChI=1S/C21H20N2O2S/c1-23(2)20-12-9-17(10-13-20)6-5-15-22-26(24,25)21-14-11-18-7-3-4-8-19(18)16-21/h3-4,7-14,16,22H,15H2,1-2H3. The Kier molecular flexibility index (Phi) is 5.27. The van der Waals surface area contributed by atoms with Crippen LogP contribution < -0.4 is 9.62 Å². The van der Waals surface area contributed by atoms with Gasteiger partial charge in [-0.1, -0.05) is 42.2 Å². The zero-order valence-corrected chi connectivity index (χ0v) is 15.5. The average Bonchev–Trinajstić information content (AvgIpc) is 2.65. The van der Waals surface area contributed by atoms with Crippen LogP contribution in [0.4, 0.5) is 5.69 Å². The summed E-state index contributed by atoms with van der Waals surface area (Å²) in [6.45, 7) is 0.0601. The van der Waals surface area contributed by atoms with E-state index >= 15 is 0 Å². The van der Waals surface area contributed by atoms with E-state index in [2.05, 4.69) is 16.6 Å². The molecule has 3 aromatic rings. The summed E-state index contributed by atoms with van der Waals surface area (Å²) in [6, 6.07) is 20.5. The van der Waals surface area contributed by atoms with E-state index in [1.54, 1.807) is 12.1 Å². The van der Waals surface area contributed by atoms with Crippen molar-refractivity contribution in [2.75, 3.05) is 25.5 Å². The van der Waals surface area contributed by atoms with Crippen LogP contribution in [0.3, 0.4) is 0 Å². The number of sulfonamides is 1. The van der Waals surface area contributed by atoms with Crippen LogP contribution in [-0.4, -0.2) is 29.1 Å². The van der Waals surface area contributed by atoms with Crippen LogP contribution in [0.25, 0.3) is 10.8 Å². The number of anilines is 1. The minimum absolute atomic E-state index is 0.0601. The smallest absolute Gasteiger partial charge is 0.241 e. The predicted molar refractivity (Wildman–Crippen MR) is 107 cm³/mol. The lowest BCUT2D eigenvalue weighted by Crippen LogP contribution is -2.23. The van der Waals surface area contributed by atoms with E-state index in [9.17, 15) is 8.42 Å². The molecule has 0 unspecified atom stereocenters. The fraction of sp³-hybridized carbons (Fsp3) is 0.143. The third-order valence-electron chi connectivity index (χ3n) is 4.00. The normalized spacial score (nSPS) is 11.0. The first-order chi connectivity index (χ1) is 12.5. The number of nitrogens with zero attached hydrogens (tertiary/aromatic N) is 1. The maximum Gasteiger partial charge on any atom is 0.241 e. The summed E-state index contributed by atoms with van der Waals surface area (Å²) in [7, 11) is 0.366. The first kappa shape index (κ1) is 18.0. The van der Waals surface area contributed by atoms with Gasteiger partial charge in [0.25, 0.3) is 0 Å². The van der Waals surface area contributed by atoms with Crippen LogP contribution in [0.15, 0.2) is 71.6 Å². The number of benzene rings is 3. The molecule has 0 aliphatic carbocycles. The molecular weight excluding hydrogens is 344 g/mol. The fourth-order valence-corrected chi connectivity index (χ4v) is 3.50. The molecule has 4 nitrogen and oxygen atoms in total. The Balaban J connectivity index is 1.68. The highest BCUT2D eigenvalue weighted by atomic mass is 32.2. The van der Waals surface area contributed by atoms with Crippen LogP contribution in [0.2, 0.25) is 0 Å². The lowest BCUT2D eigenvalue weighted by atomic mass is 10.1. The lowest BCUT2D eigenvalue weighted by molar-refractivity contribution is 0.586. The molecule has 1 N–H and O–H groups in total. The number of hydrogen-bond acceptors (Lipinski definition) is 3. The van der Waals surface area contributed by atoms with Gasteiger partial charge in [0.15, 0.2) is 0 Å². The highest BCUT2D eigenvalue weighted by Gasteiger charge is 2.12. The molecule has 0 saturated heterocycles. The third kappa shape index (κ3) is 4.23. The molecule has 0 aliphatic rings. The van der Waals surface area contributed by atoms with Gasteiger partial charge in [0.05, 0.1) is 11.4 Å². The molecule has 3 aromatic carbocycles. The summed E-state index contributed by atoms with van der Waals surface area (Å²) >= 11 is 0. The minimum Gasteiger partial charge on any atom is -0.378 e. The molecular formula is C21H20N2O2S. The van der Waals surface area contributed by atoms with Gasteiger partial charge in [0.2, 0.25) is 10.0 Å². The first-order valence-electron chi connectivity index (χ1n) is 8.20. The molecule has 3 rings (SSSR count). The number of hydrogen-bond donors (Lipinski definition) is 1. The zero-order valence-electron chi connectivity index (χ0n) is 14.7. The minimum atomic E-state index is -3.58. The van der Waals surface area contributed by atoms with Crippen molar-refractivity contribution in [2.24, 2.45) is 0 Å². The molecule has 0 saturated carbocycles. The molecule has 0 aromatic heterocycles. The molecule has 0 fully saturated rings. The summed E-state index contributed by atoms with van der Waals surface area (Å²) in [5.41, 5.74) is 1.94. The van der Waals surface area contributed by atoms with Gasteiger partial charge in [-0.25, -0.2) is 8.42 Å². The summed E-state index contributed by atoms with van der Waals surface area (Å²) < 4.78 is 27.4. The predicted octanol–water partition coefficient (Wildman–Crippen LogP) is 3.24. The van der Waals surface area contributed by atoms with Gasteiger partial charge in [0, 0.05) is 25.3 Å². The van der Waals surface area contributed by atoms with E-state index in [-0.39, 0.29) is 11.4 Å². The Morgan fingerprint density at radius 1 is 0.923 bits per heavy atom. The molecule has 0 atom stereocenters. The summed E-state index contributed by atoms with van der Waals surface area (Å²) in [6.07, 6.45) is 0.